The van der Waals surface area contributed by atoms with Gasteiger partial charge >= 0.3 is 0 Å². The van der Waals surface area contributed by atoms with Crippen molar-refractivity contribution in [3.05, 3.63) is 35.4 Å². The van der Waals surface area contributed by atoms with Crippen LogP contribution in [0.1, 0.15) is 24.8 Å². The maximum atomic E-state index is 13.0. The molecule has 0 spiro atoms. The van der Waals surface area contributed by atoms with Gasteiger partial charge in [0.05, 0.1) is 0 Å². The van der Waals surface area contributed by atoms with E-state index >= 15 is 0 Å². The molecule has 3 nitrogen and oxygen atoms in total. The zero-order valence-corrected chi connectivity index (χ0v) is 12.0. The molecule has 112 valence electrons. The number of hydrogen-bond donors (Lipinski definition) is 1. The molecule has 1 aromatic carbocycles. The molecule has 1 atom stereocenters. The van der Waals surface area contributed by atoms with Crippen LogP contribution in [0.3, 0.4) is 0 Å². The Hall–Kier alpha value is -1.20. The van der Waals surface area contributed by atoms with Gasteiger partial charge in [-0.1, -0.05) is 6.07 Å². The molecular weight excluding hydrogens is 286 g/mol. The molecule has 1 amide bonds. The standard InChI is InChI=1S/C14H18F2N2O.ClH/c15-12-5-4-10(8-13(12)16)2-1-3-14(19)18-7-6-11(17)9-18;/h4-5,8,11H,1-3,6-7,9,17H2;1H/t11-;/m1./s1. The number of benzene rings is 1. The first-order valence-corrected chi connectivity index (χ1v) is 6.53. The summed E-state index contributed by atoms with van der Waals surface area (Å²) in [6.45, 7) is 1.36. The minimum Gasteiger partial charge on any atom is -0.341 e. The Morgan fingerprint density at radius 3 is 2.70 bits per heavy atom. The summed E-state index contributed by atoms with van der Waals surface area (Å²) >= 11 is 0. The van der Waals surface area contributed by atoms with Crippen molar-refractivity contribution in [3.63, 3.8) is 0 Å². The number of nitrogens with two attached hydrogens (primary N) is 1. The highest BCUT2D eigenvalue weighted by molar-refractivity contribution is 5.85. The predicted molar refractivity (Wildman–Crippen MR) is 75.7 cm³/mol. The molecule has 1 fully saturated rings. The third kappa shape index (κ3) is 4.42. The summed E-state index contributed by atoms with van der Waals surface area (Å²) < 4.78 is 25.7. The normalized spacial score (nSPS) is 17.9. The predicted octanol–water partition coefficient (Wildman–Crippen LogP) is 2.27. The number of carbonyl (C=O) groups is 1. The Labute approximate surface area is 123 Å². The van der Waals surface area contributed by atoms with Crippen molar-refractivity contribution < 1.29 is 13.6 Å². The van der Waals surface area contributed by atoms with Crippen LogP contribution in [0.5, 0.6) is 0 Å². The summed E-state index contributed by atoms with van der Waals surface area (Å²) in [5.41, 5.74) is 6.46. The lowest BCUT2D eigenvalue weighted by atomic mass is 10.1. The van der Waals surface area contributed by atoms with Gasteiger partial charge in [-0.2, -0.15) is 0 Å². The van der Waals surface area contributed by atoms with Crippen LogP contribution in [0.4, 0.5) is 8.78 Å². The number of aryl methyl sites for hydroxylation is 1. The Morgan fingerprint density at radius 2 is 2.10 bits per heavy atom. The van der Waals surface area contributed by atoms with Crippen molar-refractivity contribution in [3.8, 4) is 0 Å². The summed E-state index contributed by atoms with van der Waals surface area (Å²) in [5, 5.41) is 0. The lowest BCUT2D eigenvalue weighted by molar-refractivity contribution is -0.130. The SMILES string of the molecule is Cl.N[C@@H]1CCN(C(=O)CCCc2ccc(F)c(F)c2)C1. The number of rotatable bonds is 4. The van der Waals surface area contributed by atoms with Gasteiger partial charge in [0.25, 0.3) is 0 Å². The average molecular weight is 305 g/mol. The molecule has 0 aliphatic carbocycles. The zero-order valence-electron chi connectivity index (χ0n) is 11.1. The lowest BCUT2D eigenvalue weighted by Crippen LogP contribution is -2.31. The second-order valence-electron chi connectivity index (χ2n) is 4.99. The van der Waals surface area contributed by atoms with Crippen molar-refractivity contribution in [1.29, 1.82) is 0 Å². The molecule has 0 unspecified atom stereocenters. The van der Waals surface area contributed by atoms with E-state index < -0.39 is 11.6 Å². The van der Waals surface area contributed by atoms with E-state index in [0.29, 0.717) is 31.4 Å². The van der Waals surface area contributed by atoms with Gasteiger partial charge < -0.3 is 10.6 Å². The molecule has 2 N–H and O–H groups in total. The van der Waals surface area contributed by atoms with Gasteiger partial charge in [0.15, 0.2) is 11.6 Å². The highest BCUT2D eigenvalue weighted by Gasteiger charge is 2.22. The lowest BCUT2D eigenvalue weighted by Gasteiger charge is -2.15. The van der Waals surface area contributed by atoms with E-state index in [1.807, 2.05) is 0 Å². The molecule has 6 heteroatoms. The second-order valence-corrected chi connectivity index (χ2v) is 4.99. The van der Waals surface area contributed by atoms with Gasteiger partial charge in [-0.25, -0.2) is 8.78 Å². The summed E-state index contributed by atoms with van der Waals surface area (Å²) in [6, 6.07) is 3.95. The van der Waals surface area contributed by atoms with Crippen molar-refractivity contribution in [2.75, 3.05) is 13.1 Å². The second kappa shape index (κ2) is 7.55. The van der Waals surface area contributed by atoms with Crippen LogP contribution in [-0.2, 0) is 11.2 Å². The van der Waals surface area contributed by atoms with Crippen LogP contribution in [-0.4, -0.2) is 29.9 Å². The number of hydrogen-bond acceptors (Lipinski definition) is 2. The van der Waals surface area contributed by atoms with Gasteiger partial charge in [0, 0.05) is 25.6 Å². The molecular formula is C14H19ClF2N2O. The van der Waals surface area contributed by atoms with E-state index in [9.17, 15) is 13.6 Å². The van der Waals surface area contributed by atoms with E-state index in [2.05, 4.69) is 0 Å². The van der Waals surface area contributed by atoms with E-state index in [-0.39, 0.29) is 24.4 Å². The molecule has 1 saturated heterocycles. The van der Waals surface area contributed by atoms with Gasteiger partial charge in [-0.3, -0.25) is 4.79 Å². The van der Waals surface area contributed by atoms with Crippen LogP contribution < -0.4 is 5.73 Å². The number of halogens is 3. The minimum absolute atomic E-state index is 0. The maximum Gasteiger partial charge on any atom is 0.222 e. The first-order valence-electron chi connectivity index (χ1n) is 6.53. The first-order chi connectivity index (χ1) is 9.06. The number of nitrogens with zero attached hydrogens (tertiary/aromatic N) is 1. The van der Waals surface area contributed by atoms with Crippen LogP contribution in [0.25, 0.3) is 0 Å². The smallest absolute Gasteiger partial charge is 0.222 e. The largest absolute Gasteiger partial charge is 0.341 e. The summed E-state index contributed by atoms with van der Waals surface area (Å²) in [4.78, 5) is 13.6. The van der Waals surface area contributed by atoms with Crippen LogP contribution in [0, 0.1) is 11.6 Å². The minimum atomic E-state index is -0.842. The highest BCUT2D eigenvalue weighted by atomic mass is 35.5. The van der Waals surface area contributed by atoms with Gasteiger partial charge in [-0.15, -0.1) is 12.4 Å². The molecule has 20 heavy (non-hydrogen) atoms. The Balaban J connectivity index is 0.00000200. The van der Waals surface area contributed by atoms with Gasteiger partial charge in [0.1, 0.15) is 0 Å². The van der Waals surface area contributed by atoms with Crippen LogP contribution in [0.15, 0.2) is 18.2 Å². The van der Waals surface area contributed by atoms with Gasteiger partial charge in [-0.05, 0) is 37.0 Å². The van der Waals surface area contributed by atoms with E-state index in [1.165, 1.54) is 6.07 Å². The molecule has 1 aromatic rings. The fraction of sp³-hybridized carbons (Fsp3) is 0.500. The number of likely N-dealkylation sites (tertiary alicyclic amines) is 1. The fourth-order valence-electron chi connectivity index (χ4n) is 2.31. The van der Waals surface area contributed by atoms with Crippen LogP contribution >= 0.6 is 12.4 Å². The third-order valence-electron chi connectivity index (χ3n) is 3.42. The molecule has 1 heterocycles. The van der Waals surface area contributed by atoms with Crippen molar-refractivity contribution in [2.24, 2.45) is 5.73 Å². The summed E-state index contributed by atoms with van der Waals surface area (Å²) in [6.07, 6.45) is 2.49. The highest BCUT2D eigenvalue weighted by Crippen LogP contribution is 2.13. The number of amides is 1. The molecule has 2 rings (SSSR count). The van der Waals surface area contributed by atoms with E-state index in [4.69, 9.17) is 5.73 Å². The number of carbonyl (C=O) groups excluding carboxylic acids is 1. The maximum absolute atomic E-state index is 13.0. The van der Waals surface area contributed by atoms with E-state index in [0.717, 1.165) is 19.0 Å². The van der Waals surface area contributed by atoms with E-state index in [1.54, 1.807) is 11.0 Å². The Kier molecular flexibility index (Phi) is 6.36. The zero-order chi connectivity index (χ0) is 13.8. The molecule has 0 saturated carbocycles. The van der Waals surface area contributed by atoms with Gasteiger partial charge in [0.2, 0.25) is 5.91 Å². The Morgan fingerprint density at radius 1 is 1.35 bits per heavy atom. The monoisotopic (exact) mass is 304 g/mol. The van der Waals surface area contributed by atoms with Crippen molar-refractivity contribution in [1.82, 2.24) is 4.90 Å². The summed E-state index contributed by atoms with van der Waals surface area (Å²) in [5.74, 6) is -1.59. The molecule has 0 radical (unpaired) electrons. The van der Waals surface area contributed by atoms with Crippen molar-refractivity contribution in [2.45, 2.75) is 31.7 Å². The first kappa shape index (κ1) is 16.9. The average Bonchev–Trinajstić information content (AvgIpc) is 2.80. The summed E-state index contributed by atoms with van der Waals surface area (Å²) in [7, 11) is 0. The molecule has 1 aliphatic heterocycles. The van der Waals surface area contributed by atoms with Crippen LogP contribution in [0.2, 0.25) is 0 Å². The molecule has 0 bridgehead atoms. The Bertz CT molecular complexity index is 470. The molecule has 0 aromatic heterocycles. The quantitative estimate of drug-likeness (QED) is 0.927. The third-order valence-corrected chi connectivity index (χ3v) is 3.42. The fourth-order valence-corrected chi connectivity index (χ4v) is 2.31. The van der Waals surface area contributed by atoms with Crippen molar-refractivity contribution >= 4 is 18.3 Å². The molecule has 1 aliphatic rings. The topological polar surface area (TPSA) is 46.3 Å².